The van der Waals surface area contributed by atoms with E-state index in [-0.39, 0.29) is 6.10 Å². The van der Waals surface area contributed by atoms with Gasteiger partial charge in [-0.05, 0) is 25.2 Å². The summed E-state index contributed by atoms with van der Waals surface area (Å²) in [4.78, 5) is 11.3. The third-order valence-electron chi connectivity index (χ3n) is 4.13. The van der Waals surface area contributed by atoms with Crippen LogP contribution in [-0.4, -0.2) is 18.0 Å². The first kappa shape index (κ1) is 9.34. The van der Waals surface area contributed by atoms with Crippen LogP contribution in [0, 0.1) is 11.8 Å². The van der Waals surface area contributed by atoms with Gasteiger partial charge >= 0.3 is 0 Å². The van der Waals surface area contributed by atoms with Crippen LogP contribution in [0.2, 0.25) is 0 Å². The number of allylic oxidation sites excluding steroid dienone is 2. The van der Waals surface area contributed by atoms with Gasteiger partial charge in [-0.3, -0.25) is 0 Å². The molecule has 2 nitrogen and oxygen atoms in total. The zero-order chi connectivity index (χ0) is 10.3. The molecule has 2 aliphatic carbocycles. The van der Waals surface area contributed by atoms with E-state index in [9.17, 15) is 4.79 Å². The number of carbonyl (C=O) groups is 1. The molecule has 15 heavy (non-hydrogen) atoms. The number of rotatable bonds is 1. The maximum atomic E-state index is 11.3. The quantitative estimate of drug-likeness (QED) is 0.483. The van der Waals surface area contributed by atoms with Crippen molar-refractivity contribution in [3.8, 4) is 0 Å². The molecule has 1 fully saturated rings. The van der Waals surface area contributed by atoms with Crippen molar-refractivity contribution in [2.45, 2.75) is 37.4 Å². The summed E-state index contributed by atoms with van der Waals surface area (Å²) >= 11 is 0. The minimum absolute atomic E-state index is 0.282. The highest BCUT2D eigenvalue weighted by atomic mass is 16.5. The fourth-order valence-corrected chi connectivity index (χ4v) is 3.35. The molecule has 1 saturated heterocycles. The Labute approximate surface area is 90.0 Å². The maximum Gasteiger partial charge on any atom is 0.152 e. The van der Waals surface area contributed by atoms with E-state index in [2.05, 4.69) is 24.3 Å². The Bertz CT molecular complexity index is 331. The smallest absolute Gasteiger partial charge is 0.152 e. The summed E-state index contributed by atoms with van der Waals surface area (Å²) in [5.74, 6) is 0.972. The Balaban J connectivity index is 1.95. The van der Waals surface area contributed by atoms with Crippen molar-refractivity contribution < 1.29 is 9.53 Å². The number of hydrogen-bond donors (Lipinski definition) is 0. The third-order valence-corrected chi connectivity index (χ3v) is 4.13. The van der Waals surface area contributed by atoms with Crippen molar-refractivity contribution in [2.75, 3.05) is 0 Å². The normalized spacial score (nSPS) is 47.3. The Morgan fingerprint density at radius 2 is 1.93 bits per heavy atom. The summed E-state index contributed by atoms with van der Waals surface area (Å²) < 4.78 is 6.04. The molecule has 1 heterocycles. The number of fused-ring (bicyclic) bond motifs is 3. The molecular weight excluding hydrogens is 188 g/mol. The Kier molecular flexibility index (Phi) is 2.06. The molecule has 3 aliphatic rings. The van der Waals surface area contributed by atoms with Crippen LogP contribution in [0.3, 0.4) is 0 Å². The fraction of sp³-hybridized carbons (Fsp3) is 0.615. The van der Waals surface area contributed by atoms with E-state index in [0.717, 1.165) is 32.0 Å². The highest BCUT2D eigenvalue weighted by molar-refractivity contribution is 5.65. The van der Waals surface area contributed by atoms with E-state index >= 15 is 0 Å². The molecule has 2 heteroatoms. The molecule has 4 atom stereocenters. The summed E-state index contributed by atoms with van der Waals surface area (Å²) in [6, 6.07) is 0. The molecule has 0 bridgehead atoms. The lowest BCUT2D eigenvalue weighted by molar-refractivity contribution is -0.133. The molecular formula is C13H16O2. The van der Waals surface area contributed by atoms with Crippen LogP contribution in [0.15, 0.2) is 24.3 Å². The maximum absolute atomic E-state index is 11.3. The Morgan fingerprint density at radius 3 is 2.80 bits per heavy atom. The molecule has 0 radical (unpaired) electrons. The topological polar surface area (TPSA) is 26.3 Å². The van der Waals surface area contributed by atoms with Crippen molar-refractivity contribution in [1.82, 2.24) is 0 Å². The largest absolute Gasteiger partial charge is 0.363 e. The summed E-state index contributed by atoms with van der Waals surface area (Å²) in [7, 11) is 0. The van der Waals surface area contributed by atoms with Crippen LogP contribution in [0.5, 0.6) is 0 Å². The summed E-state index contributed by atoms with van der Waals surface area (Å²) in [5, 5.41) is 0. The highest BCUT2D eigenvalue weighted by Gasteiger charge is 2.54. The fourth-order valence-electron chi connectivity index (χ4n) is 3.35. The van der Waals surface area contributed by atoms with Gasteiger partial charge in [-0.15, -0.1) is 0 Å². The van der Waals surface area contributed by atoms with Crippen molar-refractivity contribution in [2.24, 2.45) is 11.8 Å². The second kappa shape index (κ2) is 3.31. The Hall–Kier alpha value is -0.890. The van der Waals surface area contributed by atoms with Crippen molar-refractivity contribution >= 4 is 6.29 Å². The van der Waals surface area contributed by atoms with E-state index in [4.69, 9.17) is 4.74 Å². The van der Waals surface area contributed by atoms with Gasteiger partial charge in [0.2, 0.25) is 0 Å². The van der Waals surface area contributed by atoms with Gasteiger partial charge in [0, 0.05) is 12.3 Å². The van der Waals surface area contributed by atoms with E-state index in [1.165, 1.54) is 0 Å². The molecule has 0 aromatic carbocycles. The number of ether oxygens (including phenoxy) is 1. The zero-order valence-electron chi connectivity index (χ0n) is 8.76. The first-order valence-electron chi connectivity index (χ1n) is 5.80. The first-order chi connectivity index (χ1) is 7.36. The van der Waals surface area contributed by atoms with E-state index in [1.807, 2.05) is 0 Å². The van der Waals surface area contributed by atoms with Gasteiger partial charge in [0.25, 0.3) is 0 Å². The predicted molar refractivity (Wildman–Crippen MR) is 57.4 cm³/mol. The van der Waals surface area contributed by atoms with Gasteiger partial charge in [0.1, 0.15) is 5.60 Å². The lowest BCUT2D eigenvalue weighted by atomic mass is 9.71. The van der Waals surface area contributed by atoms with E-state index in [0.29, 0.717) is 11.8 Å². The first-order valence-corrected chi connectivity index (χ1v) is 5.80. The van der Waals surface area contributed by atoms with Crippen molar-refractivity contribution in [3.05, 3.63) is 24.3 Å². The molecule has 0 N–H and O–H groups in total. The monoisotopic (exact) mass is 204 g/mol. The number of carbonyl (C=O) groups excluding carboxylic acids is 1. The van der Waals surface area contributed by atoms with Crippen LogP contribution in [0.25, 0.3) is 0 Å². The second-order valence-electron chi connectivity index (χ2n) is 4.85. The van der Waals surface area contributed by atoms with Crippen LogP contribution >= 0.6 is 0 Å². The highest BCUT2D eigenvalue weighted by Crippen LogP contribution is 2.49. The summed E-state index contributed by atoms with van der Waals surface area (Å²) in [6.07, 6.45) is 13.9. The SMILES string of the molecule is O=C[C@]12CC=CC[C@@H]1[C@H]1CC=CC[C@H]1O2. The summed E-state index contributed by atoms with van der Waals surface area (Å²) in [6.45, 7) is 0. The lowest BCUT2D eigenvalue weighted by Crippen LogP contribution is -2.39. The lowest BCUT2D eigenvalue weighted by Gasteiger charge is -2.31. The van der Waals surface area contributed by atoms with Gasteiger partial charge < -0.3 is 9.53 Å². The molecule has 1 aliphatic heterocycles. The summed E-state index contributed by atoms with van der Waals surface area (Å²) in [5.41, 5.74) is -0.490. The standard InChI is InChI=1S/C13H16O2/c14-9-13-8-4-3-6-11(13)10-5-1-2-7-12(10)15-13/h1-4,9-12H,5-8H2/t10-,11-,12-,13-/m1/s1. The number of hydrogen-bond acceptors (Lipinski definition) is 2. The van der Waals surface area contributed by atoms with Gasteiger partial charge in [0.05, 0.1) is 6.10 Å². The predicted octanol–water partition coefficient (Wildman–Crippen LogP) is 2.26. The van der Waals surface area contributed by atoms with Gasteiger partial charge in [-0.25, -0.2) is 0 Å². The van der Waals surface area contributed by atoms with Gasteiger partial charge in [-0.2, -0.15) is 0 Å². The molecule has 3 rings (SSSR count). The van der Waals surface area contributed by atoms with Crippen LogP contribution in [0.4, 0.5) is 0 Å². The minimum Gasteiger partial charge on any atom is -0.363 e. The molecule has 80 valence electrons. The Morgan fingerprint density at radius 1 is 1.13 bits per heavy atom. The molecule has 0 saturated carbocycles. The zero-order valence-corrected chi connectivity index (χ0v) is 8.76. The van der Waals surface area contributed by atoms with Gasteiger partial charge in [0.15, 0.2) is 6.29 Å². The van der Waals surface area contributed by atoms with Crippen molar-refractivity contribution in [1.29, 1.82) is 0 Å². The average molecular weight is 204 g/mol. The molecule has 0 amide bonds. The molecule has 0 aromatic rings. The van der Waals surface area contributed by atoms with Crippen LogP contribution in [0.1, 0.15) is 25.7 Å². The molecule has 0 aromatic heterocycles. The molecule has 0 spiro atoms. The second-order valence-corrected chi connectivity index (χ2v) is 4.85. The average Bonchev–Trinajstić information content (AvgIpc) is 2.64. The van der Waals surface area contributed by atoms with Crippen LogP contribution < -0.4 is 0 Å². The van der Waals surface area contributed by atoms with E-state index < -0.39 is 5.60 Å². The third kappa shape index (κ3) is 1.24. The minimum atomic E-state index is -0.490. The molecule has 0 unspecified atom stereocenters. The van der Waals surface area contributed by atoms with E-state index in [1.54, 1.807) is 0 Å². The van der Waals surface area contributed by atoms with Crippen molar-refractivity contribution in [3.63, 3.8) is 0 Å². The number of aldehydes is 1. The van der Waals surface area contributed by atoms with Crippen LogP contribution in [-0.2, 0) is 9.53 Å². The van der Waals surface area contributed by atoms with Gasteiger partial charge in [-0.1, -0.05) is 24.3 Å².